The number of hydrogen-bond donors (Lipinski definition) is 2. The Labute approximate surface area is 182 Å². The zero-order valence-electron chi connectivity index (χ0n) is 15.6. The smallest absolute Gasteiger partial charge is 0.255 e. The summed E-state index contributed by atoms with van der Waals surface area (Å²) in [5.41, 5.74) is 2.81. The van der Waals surface area contributed by atoms with Crippen LogP contribution in [-0.2, 0) is 9.84 Å². The summed E-state index contributed by atoms with van der Waals surface area (Å²) in [6.45, 7) is 0. The second-order valence-electron chi connectivity index (χ2n) is 6.66. The minimum absolute atomic E-state index is 0.185. The predicted molar refractivity (Wildman–Crippen MR) is 119 cm³/mol. The summed E-state index contributed by atoms with van der Waals surface area (Å²) >= 11 is 12.5. The Morgan fingerprint density at radius 2 is 1.67 bits per heavy atom. The molecule has 1 amide bonds. The van der Waals surface area contributed by atoms with E-state index in [-0.39, 0.29) is 10.8 Å². The van der Waals surface area contributed by atoms with Crippen molar-refractivity contribution in [2.24, 2.45) is 0 Å². The van der Waals surface area contributed by atoms with Crippen molar-refractivity contribution in [2.75, 3.05) is 11.6 Å². The molecule has 6 nitrogen and oxygen atoms in total. The van der Waals surface area contributed by atoms with Gasteiger partial charge in [0, 0.05) is 17.5 Å². The monoisotopic (exact) mass is 459 g/mol. The molecule has 1 heterocycles. The summed E-state index contributed by atoms with van der Waals surface area (Å²) in [7, 11) is -3.29. The minimum Gasteiger partial charge on any atom is -0.338 e. The van der Waals surface area contributed by atoms with E-state index in [0.717, 1.165) is 6.26 Å². The number of sulfone groups is 1. The van der Waals surface area contributed by atoms with Gasteiger partial charge in [-0.3, -0.25) is 4.79 Å². The fourth-order valence-corrected chi connectivity index (χ4v) is 4.19. The molecule has 0 bridgehead atoms. The van der Waals surface area contributed by atoms with Crippen LogP contribution in [0.3, 0.4) is 0 Å². The van der Waals surface area contributed by atoms with Gasteiger partial charge in [0.15, 0.2) is 9.84 Å². The van der Waals surface area contributed by atoms with E-state index in [0.29, 0.717) is 43.7 Å². The minimum atomic E-state index is -3.29. The van der Waals surface area contributed by atoms with Crippen LogP contribution in [-0.4, -0.2) is 30.5 Å². The third-order valence-electron chi connectivity index (χ3n) is 4.48. The lowest BCUT2D eigenvalue weighted by atomic mass is 10.2. The van der Waals surface area contributed by atoms with E-state index < -0.39 is 9.84 Å². The number of H-pyrrole nitrogens is 1. The molecule has 1 aromatic heterocycles. The maximum atomic E-state index is 12.6. The number of halogens is 2. The number of nitrogens with one attached hydrogen (secondary N) is 2. The molecule has 9 heteroatoms. The van der Waals surface area contributed by atoms with Gasteiger partial charge in [-0.2, -0.15) is 0 Å². The van der Waals surface area contributed by atoms with Crippen LogP contribution < -0.4 is 5.32 Å². The van der Waals surface area contributed by atoms with Crippen molar-refractivity contribution in [3.63, 3.8) is 0 Å². The summed E-state index contributed by atoms with van der Waals surface area (Å²) in [6.07, 6.45) is 1.13. The van der Waals surface area contributed by atoms with Crippen LogP contribution >= 0.6 is 23.2 Å². The molecule has 0 aliphatic rings. The number of amides is 1. The Hall–Kier alpha value is -2.87. The van der Waals surface area contributed by atoms with Crippen LogP contribution in [0.4, 0.5) is 5.69 Å². The first-order valence-electron chi connectivity index (χ1n) is 8.78. The summed E-state index contributed by atoms with van der Waals surface area (Å²) in [4.78, 5) is 20.5. The molecule has 30 heavy (non-hydrogen) atoms. The zero-order chi connectivity index (χ0) is 21.5. The van der Waals surface area contributed by atoms with Crippen molar-refractivity contribution in [1.82, 2.24) is 9.97 Å². The molecule has 0 saturated heterocycles. The summed E-state index contributed by atoms with van der Waals surface area (Å²) in [6, 6.07) is 16.2. The first kappa shape index (κ1) is 20.4. The lowest BCUT2D eigenvalue weighted by Gasteiger charge is -2.06. The summed E-state index contributed by atoms with van der Waals surface area (Å²) in [5.74, 6) is 0.172. The van der Waals surface area contributed by atoms with E-state index in [9.17, 15) is 13.2 Å². The normalized spacial score (nSPS) is 11.6. The average Bonchev–Trinajstić information content (AvgIpc) is 3.10. The van der Waals surface area contributed by atoms with Gasteiger partial charge >= 0.3 is 0 Å². The molecular weight excluding hydrogens is 445 g/mol. The highest BCUT2D eigenvalue weighted by atomic mass is 35.5. The second-order valence-corrected chi connectivity index (χ2v) is 9.49. The van der Waals surface area contributed by atoms with E-state index >= 15 is 0 Å². The highest BCUT2D eigenvalue weighted by Gasteiger charge is 2.15. The van der Waals surface area contributed by atoms with Crippen LogP contribution in [0.25, 0.3) is 22.4 Å². The molecule has 0 unspecified atom stereocenters. The van der Waals surface area contributed by atoms with E-state index in [4.69, 9.17) is 23.2 Å². The maximum Gasteiger partial charge on any atom is 0.255 e. The molecule has 0 aliphatic heterocycles. The van der Waals surface area contributed by atoms with Gasteiger partial charge in [-0.1, -0.05) is 29.3 Å². The zero-order valence-corrected chi connectivity index (χ0v) is 17.9. The highest BCUT2D eigenvalue weighted by Crippen LogP contribution is 2.34. The number of carbonyl (C=O) groups is 1. The standard InChI is InChI=1S/C21H15Cl2N3O3S/c1-30(28,29)14-8-6-13(7-9-14)24-21(27)12-5-10-17-18(11-12)26-20(25-17)19-15(22)3-2-4-16(19)23/h2-11H,1H3,(H,24,27)(H,25,26). The SMILES string of the molecule is CS(=O)(=O)c1ccc(NC(=O)c2ccc3nc(-c4c(Cl)cccc4Cl)[nH]c3c2)cc1. The molecule has 0 aliphatic carbocycles. The predicted octanol–water partition coefficient (Wildman–Crippen LogP) is 5.19. The van der Waals surface area contributed by atoms with Crippen LogP contribution in [0, 0.1) is 0 Å². The third-order valence-corrected chi connectivity index (χ3v) is 6.24. The van der Waals surface area contributed by atoms with Gasteiger partial charge in [-0.25, -0.2) is 13.4 Å². The topological polar surface area (TPSA) is 91.9 Å². The molecular formula is C21H15Cl2N3O3S. The van der Waals surface area contributed by atoms with Gasteiger partial charge < -0.3 is 10.3 Å². The molecule has 0 fully saturated rings. The number of imidazole rings is 1. The molecule has 3 aromatic carbocycles. The summed E-state index contributed by atoms with van der Waals surface area (Å²) in [5, 5.41) is 3.69. The maximum absolute atomic E-state index is 12.6. The fourth-order valence-electron chi connectivity index (χ4n) is 2.98. The van der Waals surface area contributed by atoms with E-state index in [1.807, 2.05) is 0 Å². The molecule has 0 spiro atoms. The third kappa shape index (κ3) is 4.05. The number of hydrogen-bond acceptors (Lipinski definition) is 4. The Balaban J connectivity index is 1.61. The molecule has 4 aromatic rings. The van der Waals surface area contributed by atoms with E-state index in [2.05, 4.69) is 15.3 Å². The number of fused-ring (bicyclic) bond motifs is 1. The van der Waals surface area contributed by atoms with Gasteiger partial charge in [0.1, 0.15) is 5.82 Å². The lowest BCUT2D eigenvalue weighted by Crippen LogP contribution is -2.11. The number of anilines is 1. The van der Waals surface area contributed by atoms with Crippen molar-refractivity contribution in [3.05, 3.63) is 76.3 Å². The van der Waals surface area contributed by atoms with Crippen LogP contribution in [0.5, 0.6) is 0 Å². The van der Waals surface area contributed by atoms with Crippen molar-refractivity contribution >= 4 is 55.7 Å². The van der Waals surface area contributed by atoms with Gasteiger partial charge in [0.05, 0.1) is 31.5 Å². The first-order chi connectivity index (χ1) is 14.2. The Bertz CT molecular complexity index is 1360. The van der Waals surface area contributed by atoms with Gasteiger partial charge in [-0.15, -0.1) is 0 Å². The van der Waals surface area contributed by atoms with Crippen molar-refractivity contribution in [3.8, 4) is 11.4 Å². The molecule has 152 valence electrons. The van der Waals surface area contributed by atoms with E-state index in [1.165, 1.54) is 12.1 Å². The van der Waals surface area contributed by atoms with Gasteiger partial charge in [0.2, 0.25) is 0 Å². The second kappa shape index (κ2) is 7.75. The Morgan fingerprint density at radius 3 is 2.30 bits per heavy atom. The van der Waals surface area contributed by atoms with Crippen molar-refractivity contribution in [1.29, 1.82) is 0 Å². The number of nitrogens with zero attached hydrogens (tertiary/aromatic N) is 1. The molecule has 2 N–H and O–H groups in total. The number of aromatic amines is 1. The average molecular weight is 460 g/mol. The van der Waals surface area contributed by atoms with Crippen LogP contribution in [0.1, 0.15) is 10.4 Å². The lowest BCUT2D eigenvalue weighted by molar-refractivity contribution is 0.102. The number of carbonyl (C=O) groups excluding carboxylic acids is 1. The highest BCUT2D eigenvalue weighted by molar-refractivity contribution is 7.90. The molecule has 0 saturated carbocycles. The number of rotatable bonds is 4. The number of aromatic nitrogens is 2. The van der Waals surface area contributed by atoms with Gasteiger partial charge in [-0.05, 0) is 54.6 Å². The Kier molecular flexibility index (Phi) is 5.27. The van der Waals surface area contributed by atoms with Gasteiger partial charge in [0.25, 0.3) is 5.91 Å². The first-order valence-corrected chi connectivity index (χ1v) is 11.4. The Morgan fingerprint density at radius 1 is 1.00 bits per heavy atom. The molecule has 0 atom stereocenters. The summed E-state index contributed by atoms with van der Waals surface area (Å²) < 4.78 is 23.1. The van der Waals surface area contributed by atoms with Crippen LogP contribution in [0.2, 0.25) is 10.0 Å². The van der Waals surface area contributed by atoms with Crippen molar-refractivity contribution < 1.29 is 13.2 Å². The number of benzene rings is 3. The quantitative estimate of drug-likeness (QED) is 0.438. The fraction of sp³-hybridized carbons (Fsp3) is 0.0476. The largest absolute Gasteiger partial charge is 0.338 e. The van der Waals surface area contributed by atoms with Crippen molar-refractivity contribution in [2.45, 2.75) is 4.90 Å². The molecule has 0 radical (unpaired) electrons. The molecule has 4 rings (SSSR count). The van der Waals surface area contributed by atoms with Crippen LogP contribution in [0.15, 0.2) is 65.6 Å². The van der Waals surface area contributed by atoms with E-state index in [1.54, 1.807) is 48.5 Å².